The molecule has 0 aromatic carbocycles. The minimum absolute atomic E-state index is 0.138. The molecule has 98 valence electrons. The lowest BCUT2D eigenvalue weighted by Crippen LogP contribution is -2.60. The molecule has 2 rings (SSSR count). The fourth-order valence-electron chi connectivity index (χ4n) is 1.74. The van der Waals surface area contributed by atoms with E-state index < -0.39 is 23.6 Å². The van der Waals surface area contributed by atoms with Crippen LogP contribution in [0.15, 0.2) is 12.3 Å². The van der Waals surface area contributed by atoms with Crippen molar-refractivity contribution in [3.05, 3.63) is 12.3 Å². The quantitative estimate of drug-likeness (QED) is 0.636. The molecule has 1 aromatic heterocycles. The Kier molecular flexibility index (Phi) is 3.05. The molecule has 1 aliphatic rings. The second-order valence-corrected chi connectivity index (χ2v) is 4.14. The summed E-state index contributed by atoms with van der Waals surface area (Å²) in [5.74, 6) is -1.68. The van der Waals surface area contributed by atoms with Crippen LogP contribution in [-0.4, -0.2) is 57.1 Å². The summed E-state index contributed by atoms with van der Waals surface area (Å²) in [6.45, 7) is 1.44. The standard InChI is InChI=1S/C10H13N3O5/c1-10(17,9(15)16)7-8(14)13(4-5-18-7)6-2-3-11-12-6/h2-3,7,17H,4-5H2,1H3,(H,11,12)(H,15,16)/t7-,10?/m0/s1. The highest BCUT2D eigenvalue weighted by Crippen LogP contribution is 2.23. The van der Waals surface area contributed by atoms with Crippen LogP contribution in [0.5, 0.6) is 0 Å². The van der Waals surface area contributed by atoms with Crippen LogP contribution in [0, 0.1) is 0 Å². The monoisotopic (exact) mass is 255 g/mol. The second kappa shape index (κ2) is 4.39. The van der Waals surface area contributed by atoms with Crippen molar-refractivity contribution in [3.63, 3.8) is 0 Å². The smallest absolute Gasteiger partial charge is 0.338 e. The molecule has 0 aliphatic carbocycles. The van der Waals surface area contributed by atoms with E-state index in [1.54, 1.807) is 6.07 Å². The predicted molar refractivity (Wildman–Crippen MR) is 58.9 cm³/mol. The zero-order chi connectivity index (χ0) is 13.3. The van der Waals surface area contributed by atoms with Crippen molar-refractivity contribution in [3.8, 4) is 0 Å². The minimum atomic E-state index is -2.27. The molecule has 8 heteroatoms. The summed E-state index contributed by atoms with van der Waals surface area (Å²) < 4.78 is 5.09. The van der Waals surface area contributed by atoms with Crippen LogP contribution in [0.25, 0.3) is 0 Å². The van der Waals surface area contributed by atoms with Crippen LogP contribution in [0.3, 0.4) is 0 Å². The number of aromatic amines is 1. The van der Waals surface area contributed by atoms with Gasteiger partial charge in [-0.15, -0.1) is 0 Å². The number of amides is 1. The fourth-order valence-corrected chi connectivity index (χ4v) is 1.74. The zero-order valence-corrected chi connectivity index (χ0v) is 9.66. The molecule has 3 N–H and O–H groups in total. The topological polar surface area (TPSA) is 116 Å². The van der Waals surface area contributed by atoms with Crippen LogP contribution in [0.1, 0.15) is 6.92 Å². The van der Waals surface area contributed by atoms with Crippen molar-refractivity contribution in [2.75, 3.05) is 18.1 Å². The molecule has 1 saturated heterocycles. The minimum Gasteiger partial charge on any atom is -0.479 e. The normalized spacial score (nSPS) is 23.8. The molecular formula is C10H13N3O5. The first-order valence-electron chi connectivity index (χ1n) is 5.32. The third-order valence-electron chi connectivity index (χ3n) is 2.81. The molecule has 0 radical (unpaired) electrons. The molecule has 1 fully saturated rings. The fraction of sp³-hybridized carbons (Fsp3) is 0.500. The predicted octanol–water partition coefficient (Wildman–Crippen LogP) is -1.02. The van der Waals surface area contributed by atoms with Crippen LogP contribution in [0.4, 0.5) is 5.82 Å². The number of nitrogens with zero attached hydrogens (tertiary/aromatic N) is 2. The Morgan fingerprint density at radius 3 is 3.00 bits per heavy atom. The molecule has 0 bridgehead atoms. The lowest BCUT2D eigenvalue weighted by Gasteiger charge is -2.36. The van der Waals surface area contributed by atoms with E-state index in [0.717, 1.165) is 6.92 Å². The van der Waals surface area contributed by atoms with E-state index in [2.05, 4.69) is 10.2 Å². The molecule has 0 saturated carbocycles. The van der Waals surface area contributed by atoms with Gasteiger partial charge in [-0.3, -0.25) is 14.8 Å². The lowest BCUT2D eigenvalue weighted by molar-refractivity contribution is -0.180. The van der Waals surface area contributed by atoms with Crippen molar-refractivity contribution in [1.29, 1.82) is 0 Å². The number of carboxylic acid groups (broad SMARTS) is 1. The Bertz CT molecular complexity index is 456. The first kappa shape index (κ1) is 12.5. The summed E-state index contributed by atoms with van der Waals surface area (Å²) >= 11 is 0. The number of anilines is 1. The molecule has 1 aliphatic heterocycles. The SMILES string of the molecule is CC(O)(C(=O)O)[C@H]1OCCN(c2ccn[nH]2)C1=O. The van der Waals surface area contributed by atoms with Gasteiger partial charge in [0.2, 0.25) is 0 Å². The van der Waals surface area contributed by atoms with Gasteiger partial charge >= 0.3 is 5.97 Å². The van der Waals surface area contributed by atoms with E-state index >= 15 is 0 Å². The van der Waals surface area contributed by atoms with Gasteiger partial charge in [-0.25, -0.2) is 4.79 Å². The van der Waals surface area contributed by atoms with Crippen molar-refractivity contribution >= 4 is 17.7 Å². The molecule has 2 atom stereocenters. The van der Waals surface area contributed by atoms with Gasteiger partial charge in [0.25, 0.3) is 5.91 Å². The Morgan fingerprint density at radius 1 is 1.72 bits per heavy atom. The van der Waals surface area contributed by atoms with E-state index in [0.29, 0.717) is 5.82 Å². The number of morpholine rings is 1. The van der Waals surface area contributed by atoms with Gasteiger partial charge in [0.15, 0.2) is 11.7 Å². The van der Waals surface area contributed by atoms with E-state index in [1.165, 1.54) is 11.1 Å². The van der Waals surface area contributed by atoms with Gasteiger partial charge in [-0.05, 0) is 6.92 Å². The Hall–Kier alpha value is -1.93. The first-order chi connectivity index (χ1) is 8.44. The van der Waals surface area contributed by atoms with Crippen LogP contribution >= 0.6 is 0 Å². The lowest BCUT2D eigenvalue weighted by atomic mass is 9.97. The van der Waals surface area contributed by atoms with Crippen molar-refractivity contribution in [2.45, 2.75) is 18.6 Å². The van der Waals surface area contributed by atoms with Gasteiger partial charge in [0.05, 0.1) is 19.3 Å². The summed E-state index contributed by atoms with van der Waals surface area (Å²) in [5, 5.41) is 25.0. The maximum atomic E-state index is 12.1. The third kappa shape index (κ3) is 1.95. The Labute approximate surface area is 102 Å². The summed E-state index contributed by atoms with van der Waals surface area (Å²) in [5.41, 5.74) is -2.27. The molecule has 8 nitrogen and oxygen atoms in total. The highest BCUT2D eigenvalue weighted by molar-refractivity contribution is 6.00. The molecule has 1 amide bonds. The Balaban J connectivity index is 2.25. The van der Waals surface area contributed by atoms with Gasteiger partial charge < -0.3 is 14.9 Å². The van der Waals surface area contributed by atoms with Crippen LogP contribution in [0.2, 0.25) is 0 Å². The highest BCUT2D eigenvalue weighted by atomic mass is 16.5. The number of hydrogen-bond donors (Lipinski definition) is 3. The molecule has 18 heavy (non-hydrogen) atoms. The van der Waals surface area contributed by atoms with Crippen molar-refractivity contribution < 1.29 is 24.5 Å². The van der Waals surface area contributed by atoms with Gasteiger partial charge in [-0.1, -0.05) is 0 Å². The van der Waals surface area contributed by atoms with Crippen molar-refractivity contribution in [2.24, 2.45) is 0 Å². The molecule has 1 unspecified atom stereocenters. The number of rotatable bonds is 3. The number of aromatic nitrogens is 2. The highest BCUT2D eigenvalue weighted by Gasteiger charge is 2.48. The van der Waals surface area contributed by atoms with Gasteiger partial charge in [0.1, 0.15) is 5.82 Å². The van der Waals surface area contributed by atoms with E-state index in [1.807, 2.05) is 0 Å². The van der Waals surface area contributed by atoms with Crippen LogP contribution < -0.4 is 4.90 Å². The second-order valence-electron chi connectivity index (χ2n) is 4.14. The van der Waals surface area contributed by atoms with Gasteiger partial charge in [-0.2, -0.15) is 5.10 Å². The molecular weight excluding hydrogens is 242 g/mol. The number of aliphatic carboxylic acids is 1. The maximum Gasteiger partial charge on any atom is 0.338 e. The average molecular weight is 255 g/mol. The number of carbonyl (C=O) groups excluding carboxylic acids is 1. The maximum absolute atomic E-state index is 12.1. The largest absolute Gasteiger partial charge is 0.479 e. The Morgan fingerprint density at radius 2 is 2.44 bits per heavy atom. The number of carbonyl (C=O) groups is 2. The number of hydrogen-bond acceptors (Lipinski definition) is 5. The summed E-state index contributed by atoms with van der Waals surface area (Å²) in [4.78, 5) is 24.3. The number of H-pyrrole nitrogens is 1. The third-order valence-corrected chi connectivity index (χ3v) is 2.81. The number of ether oxygens (including phenoxy) is 1. The van der Waals surface area contributed by atoms with Gasteiger partial charge in [0, 0.05) is 6.07 Å². The summed E-state index contributed by atoms with van der Waals surface area (Å²) in [7, 11) is 0. The molecule has 2 heterocycles. The van der Waals surface area contributed by atoms with E-state index in [4.69, 9.17) is 9.84 Å². The van der Waals surface area contributed by atoms with E-state index in [-0.39, 0.29) is 13.2 Å². The van der Waals surface area contributed by atoms with Crippen molar-refractivity contribution in [1.82, 2.24) is 10.2 Å². The summed E-state index contributed by atoms with van der Waals surface area (Å²) in [6, 6.07) is 1.58. The van der Waals surface area contributed by atoms with E-state index in [9.17, 15) is 14.7 Å². The number of nitrogens with one attached hydrogen (secondary N) is 1. The average Bonchev–Trinajstić information content (AvgIpc) is 2.82. The number of aliphatic hydroxyl groups is 1. The molecule has 1 aromatic rings. The molecule has 0 spiro atoms. The summed E-state index contributed by atoms with van der Waals surface area (Å²) in [6.07, 6.45) is 0.0367. The number of carboxylic acids is 1. The first-order valence-corrected chi connectivity index (χ1v) is 5.32. The van der Waals surface area contributed by atoms with Crippen LogP contribution in [-0.2, 0) is 14.3 Å². The zero-order valence-electron chi connectivity index (χ0n) is 9.66.